The molecule has 0 fully saturated rings. The first-order valence-corrected chi connectivity index (χ1v) is 4.80. The quantitative estimate of drug-likeness (QED) is 0.735. The minimum atomic E-state index is -4.80. The number of carbonyl (C=O) groups is 1. The Kier molecular flexibility index (Phi) is 3.98. The number of hydrogen-bond acceptors (Lipinski definition) is 1. The Balaban J connectivity index is 2.39. The highest BCUT2D eigenvalue weighted by atomic mass is 19.4. The molecular formula is C10H11BF3NO. The normalized spacial score (nSPS) is 11.2. The highest BCUT2D eigenvalue weighted by Crippen LogP contribution is 2.13. The van der Waals surface area contributed by atoms with E-state index in [2.05, 4.69) is 0 Å². The van der Waals surface area contributed by atoms with E-state index in [1.807, 2.05) is 37.4 Å². The van der Waals surface area contributed by atoms with E-state index in [0.717, 1.165) is 11.0 Å². The van der Waals surface area contributed by atoms with E-state index in [4.69, 9.17) is 0 Å². The van der Waals surface area contributed by atoms with Gasteiger partial charge >= 0.3 is 12.1 Å². The predicted octanol–water partition coefficient (Wildman–Crippen LogP) is 0.166. The van der Waals surface area contributed by atoms with Gasteiger partial charge in [0.05, 0.1) is 0 Å². The molecular weight excluding hydrogens is 218 g/mol. The van der Waals surface area contributed by atoms with Gasteiger partial charge in [0.15, 0.2) is 0 Å². The van der Waals surface area contributed by atoms with Crippen LogP contribution in [0.2, 0.25) is 0 Å². The van der Waals surface area contributed by atoms with Crippen LogP contribution in [0.4, 0.5) is 13.2 Å². The van der Waals surface area contributed by atoms with Gasteiger partial charge in [-0.2, -0.15) is 13.2 Å². The van der Waals surface area contributed by atoms with E-state index in [0.29, 0.717) is 6.42 Å². The van der Waals surface area contributed by atoms with Gasteiger partial charge in [0.25, 0.3) is 0 Å². The summed E-state index contributed by atoms with van der Waals surface area (Å²) in [5, 5.41) is 1.83. The van der Waals surface area contributed by atoms with Crippen LogP contribution in [0.25, 0.3) is 0 Å². The van der Waals surface area contributed by atoms with Gasteiger partial charge in [-0.15, -0.1) is 0 Å². The molecule has 0 aliphatic rings. The lowest BCUT2D eigenvalue weighted by Gasteiger charge is -2.08. The molecule has 0 saturated carbocycles. The summed E-state index contributed by atoms with van der Waals surface area (Å²) in [7, 11) is 1.90. The largest absolute Gasteiger partial charge is 0.471 e. The van der Waals surface area contributed by atoms with Crippen molar-refractivity contribution in [3.8, 4) is 0 Å². The minimum Gasteiger partial charge on any atom is -0.348 e. The second kappa shape index (κ2) is 5.05. The molecule has 86 valence electrons. The van der Waals surface area contributed by atoms with Crippen molar-refractivity contribution < 1.29 is 18.0 Å². The number of benzene rings is 1. The van der Waals surface area contributed by atoms with E-state index in [-0.39, 0.29) is 6.54 Å². The van der Waals surface area contributed by atoms with Crippen LogP contribution < -0.4 is 10.8 Å². The monoisotopic (exact) mass is 229 g/mol. The number of hydrogen-bond donors (Lipinski definition) is 1. The lowest BCUT2D eigenvalue weighted by molar-refractivity contribution is -0.173. The number of rotatable bonds is 3. The summed E-state index contributed by atoms with van der Waals surface area (Å²) in [5.41, 5.74) is 1.95. The third-order valence-corrected chi connectivity index (χ3v) is 2.04. The first-order valence-electron chi connectivity index (χ1n) is 4.80. The molecule has 0 aliphatic carbocycles. The smallest absolute Gasteiger partial charge is 0.348 e. The van der Waals surface area contributed by atoms with Crippen LogP contribution in [0, 0.1) is 0 Å². The topological polar surface area (TPSA) is 29.1 Å². The first kappa shape index (κ1) is 12.6. The molecule has 1 N–H and O–H groups in total. The molecule has 0 saturated heterocycles. The number of amides is 1. The molecule has 1 aromatic rings. The van der Waals surface area contributed by atoms with Crippen molar-refractivity contribution in [1.29, 1.82) is 0 Å². The number of alkyl halides is 3. The van der Waals surface area contributed by atoms with Crippen molar-refractivity contribution in [2.45, 2.75) is 12.6 Å². The standard InChI is InChI=1S/C10H11BF3NO/c11-8-3-1-2-7(6-8)4-5-15-9(16)10(12,13)14/h1-3,6H,4-5,11H2,(H,15,16). The van der Waals surface area contributed by atoms with Crippen LogP contribution in [0.15, 0.2) is 24.3 Å². The molecule has 0 radical (unpaired) electrons. The van der Waals surface area contributed by atoms with Crippen molar-refractivity contribution in [2.75, 3.05) is 6.54 Å². The maximum Gasteiger partial charge on any atom is 0.471 e. The zero-order chi connectivity index (χ0) is 12.2. The maximum atomic E-state index is 11.8. The van der Waals surface area contributed by atoms with Crippen LogP contribution in [0.3, 0.4) is 0 Å². The molecule has 2 nitrogen and oxygen atoms in total. The van der Waals surface area contributed by atoms with Gasteiger partial charge in [-0.25, -0.2) is 0 Å². The van der Waals surface area contributed by atoms with E-state index in [1.54, 1.807) is 0 Å². The molecule has 0 aromatic heterocycles. The zero-order valence-corrected chi connectivity index (χ0v) is 8.77. The Morgan fingerprint density at radius 2 is 2.06 bits per heavy atom. The predicted molar refractivity (Wildman–Crippen MR) is 57.4 cm³/mol. The average molecular weight is 229 g/mol. The van der Waals surface area contributed by atoms with Gasteiger partial charge in [0.2, 0.25) is 0 Å². The maximum absolute atomic E-state index is 11.8. The average Bonchev–Trinajstić information content (AvgIpc) is 2.16. The molecule has 1 rings (SSSR count). The second-order valence-electron chi connectivity index (χ2n) is 3.49. The molecule has 0 aliphatic heterocycles. The Morgan fingerprint density at radius 3 is 2.62 bits per heavy atom. The van der Waals surface area contributed by atoms with E-state index in [1.165, 1.54) is 0 Å². The van der Waals surface area contributed by atoms with E-state index >= 15 is 0 Å². The highest BCUT2D eigenvalue weighted by Gasteiger charge is 2.38. The lowest BCUT2D eigenvalue weighted by atomic mass is 9.94. The summed E-state index contributed by atoms with van der Waals surface area (Å²) in [6.45, 7) is -0.0121. The van der Waals surface area contributed by atoms with Gasteiger partial charge in [0, 0.05) is 6.54 Å². The lowest BCUT2D eigenvalue weighted by Crippen LogP contribution is -2.37. The number of carbonyl (C=O) groups excluding carboxylic acids is 1. The molecule has 0 spiro atoms. The van der Waals surface area contributed by atoms with Crippen LogP contribution in [0.1, 0.15) is 5.56 Å². The van der Waals surface area contributed by atoms with Crippen molar-refractivity contribution in [1.82, 2.24) is 5.32 Å². The third-order valence-electron chi connectivity index (χ3n) is 2.04. The fraction of sp³-hybridized carbons (Fsp3) is 0.300. The third kappa shape index (κ3) is 3.96. The van der Waals surface area contributed by atoms with Crippen molar-refractivity contribution >= 4 is 19.2 Å². The molecule has 1 amide bonds. The SMILES string of the molecule is Bc1cccc(CCNC(=O)C(F)(F)F)c1. The first-order chi connectivity index (χ1) is 7.39. The number of halogens is 3. The molecule has 0 atom stereocenters. The molecule has 0 heterocycles. The summed E-state index contributed by atoms with van der Waals surface area (Å²) in [6.07, 6.45) is -4.41. The zero-order valence-electron chi connectivity index (χ0n) is 8.77. The Hall–Kier alpha value is -1.46. The summed E-state index contributed by atoms with van der Waals surface area (Å²) in [4.78, 5) is 10.5. The van der Waals surface area contributed by atoms with E-state index < -0.39 is 12.1 Å². The van der Waals surface area contributed by atoms with E-state index in [9.17, 15) is 18.0 Å². The molecule has 0 bridgehead atoms. The second-order valence-corrected chi connectivity index (χ2v) is 3.49. The minimum absolute atomic E-state index is 0.0121. The summed E-state index contributed by atoms with van der Waals surface area (Å²) in [5.74, 6) is -1.89. The van der Waals surface area contributed by atoms with Crippen LogP contribution in [0.5, 0.6) is 0 Å². The Bertz CT molecular complexity index is 379. The van der Waals surface area contributed by atoms with Gasteiger partial charge < -0.3 is 5.32 Å². The Labute approximate surface area is 92.3 Å². The van der Waals surface area contributed by atoms with Gasteiger partial charge in [-0.1, -0.05) is 29.7 Å². The van der Waals surface area contributed by atoms with Crippen molar-refractivity contribution in [2.24, 2.45) is 0 Å². The highest BCUT2D eigenvalue weighted by molar-refractivity contribution is 6.32. The summed E-state index contributed by atoms with van der Waals surface area (Å²) in [6, 6.07) is 7.42. The van der Waals surface area contributed by atoms with Crippen LogP contribution >= 0.6 is 0 Å². The summed E-state index contributed by atoms with van der Waals surface area (Å²) < 4.78 is 35.5. The van der Waals surface area contributed by atoms with Gasteiger partial charge in [-0.05, 0) is 12.0 Å². The van der Waals surface area contributed by atoms with Crippen LogP contribution in [-0.4, -0.2) is 26.5 Å². The van der Waals surface area contributed by atoms with Gasteiger partial charge in [0.1, 0.15) is 7.85 Å². The van der Waals surface area contributed by atoms with Gasteiger partial charge in [-0.3, -0.25) is 4.79 Å². The molecule has 1 aromatic carbocycles. The number of nitrogens with one attached hydrogen (secondary N) is 1. The van der Waals surface area contributed by atoms with Crippen LogP contribution in [-0.2, 0) is 11.2 Å². The fourth-order valence-electron chi connectivity index (χ4n) is 1.29. The molecule has 6 heteroatoms. The fourth-order valence-corrected chi connectivity index (χ4v) is 1.29. The molecule has 16 heavy (non-hydrogen) atoms. The summed E-state index contributed by atoms with van der Waals surface area (Å²) >= 11 is 0. The van der Waals surface area contributed by atoms with Crippen molar-refractivity contribution in [3.05, 3.63) is 29.8 Å². The van der Waals surface area contributed by atoms with Crippen molar-refractivity contribution in [3.63, 3.8) is 0 Å². The Morgan fingerprint density at radius 1 is 1.38 bits per heavy atom. The molecule has 0 unspecified atom stereocenters.